The largest absolute Gasteiger partial charge is 0.377 e. The molecule has 0 aliphatic carbocycles. The van der Waals surface area contributed by atoms with E-state index in [1.54, 1.807) is 0 Å². The molecule has 2 fully saturated rings. The first-order chi connectivity index (χ1) is 12.8. The van der Waals surface area contributed by atoms with Gasteiger partial charge in [-0.2, -0.15) is 0 Å². The van der Waals surface area contributed by atoms with Gasteiger partial charge in [-0.15, -0.1) is 0 Å². The SMILES string of the molecule is O=C(c1ccccc1-c1ccccc1)N1CCO[C@@]2(CNCCOC2)C1. The van der Waals surface area contributed by atoms with E-state index in [0.29, 0.717) is 39.5 Å². The molecule has 4 rings (SSSR count). The molecule has 2 aromatic carbocycles. The number of hydrogen-bond donors (Lipinski definition) is 1. The zero-order chi connectivity index (χ0) is 17.8. The molecule has 2 aliphatic rings. The summed E-state index contributed by atoms with van der Waals surface area (Å²) in [7, 11) is 0. The maximum atomic E-state index is 13.3. The molecule has 1 amide bonds. The number of ether oxygens (including phenoxy) is 2. The van der Waals surface area contributed by atoms with Gasteiger partial charge in [-0.3, -0.25) is 4.79 Å². The van der Waals surface area contributed by atoms with Crippen molar-refractivity contribution in [3.8, 4) is 11.1 Å². The minimum Gasteiger partial charge on any atom is -0.377 e. The quantitative estimate of drug-likeness (QED) is 0.900. The fourth-order valence-electron chi connectivity index (χ4n) is 3.69. The van der Waals surface area contributed by atoms with E-state index < -0.39 is 5.60 Å². The number of rotatable bonds is 2. The van der Waals surface area contributed by atoms with Gasteiger partial charge in [0.15, 0.2) is 0 Å². The molecule has 2 heterocycles. The van der Waals surface area contributed by atoms with Crippen LogP contribution in [0.3, 0.4) is 0 Å². The number of morpholine rings is 1. The summed E-state index contributed by atoms with van der Waals surface area (Å²) >= 11 is 0. The van der Waals surface area contributed by atoms with Crippen molar-refractivity contribution in [3.05, 3.63) is 60.2 Å². The average Bonchev–Trinajstić information content (AvgIpc) is 2.93. The third-order valence-electron chi connectivity index (χ3n) is 5.01. The normalized spacial score (nSPS) is 23.6. The van der Waals surface area contributed by atoms with Crippen LogP contribution in [0.2, 0.25) is 0 Å². The highest BCUT2D eigenvalue weighted by atomic mass is 16.5. The Morgan fingerprint density at radius 1 is 1.04 bits per heavy atom. The highest BCUT2D eigenvalue weighted by Gasteiger charge is 2.40. The van der Waals surface area contributed by atoms with E-state index in [-0.39, 0.29) is 5.91 Å². The molecule has 0 aromatic heterocycles. The third-order valence-corrected chi connectivity index (χ3v) is 5.01. The van der Waals surface area contributed by atoms with Crippen LogP contribution in [0.25, 0.3) is 11.1 Å². The van der Waals surface area contributed by atoms with E-state index in [9.17, 15) is 4.79 Å². The van der Waals surface area contributed by atoms with Crippen molar-refractivity contribution in [2.45, 2.75) is 5.60 Å². The molecule has 5 nitrogen and oxygen atoms in total. The Balaban J connectivity index is 1.60. The van der Waals surface area contributed by atoms with E-state index in [1.165, 1.54) is 0 Å². The molecular weight excluding hydrogens is 328 g/mol. The Bertz CT molecular complexity index is 755. The maximum Gasteiger partial charge on any atom is 0.254 e. The molecule has 0 bridgehead atoms. The molecule has 1 spiro atoms. The lowest BCUT2D eigenvalue weighted by Crippen LogP contribution is -2.59. The molecule has 0 radical (unpaired) electrons. The molecule has 0 unspecified atom stereocenters. The first-order valence-corrected chi connectivity index (χ1v) is 9.14. The third kappa shape index (κ3) is 3.51. The standard InChI is InChI=1S/C21H24N2O3/c24-20(19-9-5-4-8-18(19)17-6-2-1-3-7-17)23-11-13-26-21(15-23)14-22-10-12-25-16-21/h1-9,22H,10-16H2/t21-/m0/s1. The fraction of sp³-hybridized carbons (Fsp3) is 0.381. The summed E-state index contributed by atoms with van der Waals surface area (Å²) in [6.45, 7) is 4.39. The zero-order valence-electron chi connectivity index (χ0n) is 14.8. The van der Waals surface area contributed by atoms with E-state index >= 15 is 0 Å². The van der Waals surface area contributed by atoms with E-state index in [0.717, 1.165) is 23.2 Å². The van der Waals surface area contributed by atoms with Crippen molar-refractivity contribution in [3.63, 3.8) is 0 Å². The molecule has 1 atom stereocenters. The van der Waals surface area contributed by atoms with Gasteiger partial charge in [-0.1, -0.05) is 48.5 Å². The average molecular weight is 352 g/mol. The molecule has 2 aromatic rings. The van der Waals surface area contributed by atoms with Crippen LogP contribution >= 0.6 is 0 Å². The van der Waals surface area contributed by atoms with Gasteiger partial charge in [-0.05, 0) is 17.2 Å². The summed E-state index contributed by atoms with van der Waals surface area (Å²) in [5.74, 6) is 0.0522. The number of amides is 1. The Morgan fingerprint density at radius 3 is 2.73 bits per heavy atom. The van der Waals surface area contributed by atoms with Crippen LogP contribution in [0.5, 0.6) is 0 Å². The second-order valence-corrected chi connectivity index (χ2v) is 6.90. The first-order valence-electron chi connectivity index (χ1n) is 9.14. The molecule has 1 N–H and O–H groups in total. The molecule has 0 saturated carbocycles. The highest BCUT2D eigenvalue weighted by Crippen LogP contribution is 2.27. The lowest BCUT2D eigenvalue weighted by atomic mass is 9.97. The Hall–Kier alpha value is -2.21. The maximum absolute atomic E-state index is 13.3. The van der Waals surface area contributed by atoms with Crippen molar-refractivity contribution in [1.29, 1.82) is 0 Å². The van der Waals surface area contributed by atoms with Crippen LogP contribution in [-0.4, -0.2) is 62.4 Å². The molecule has 2 saturated heterocycles. The van der Waals surface area contributed by atoms with E-state index in [1.807, 2.05) is 59.5 Å². The van der Waals surface area contributed by atoms with Gasteiger partial charge in [0.2, 0.25) is 0 Å². The summed E-state index contributed by atoms with van der Waals surface area (Å²) < 4.78 is 11.7. The van der Waals surface area contributed by atoms with Gasteiger partial charge in [0, 0.05) is 25.2 Å². The second-order valence-electron chi connectivity index (χ2n) is 6.90. The van der Waals surface area contributed by atoms with Crippen molar-refractivity contribution >= 4 is 5.91 Å². The smallest absolute Gasteiger partial charge is 0.254 e. The summed E-state index contributed by atoms with van der Waals surface area (Å²) in [6.07, 6.45) is 0. The number of carbonyl (C=O) groups excluding carboxylic acids is 1. The van der Waals surface area contributed by atoms with Crippen LogP contribution in [0.4, 0.5) is 0 Å². The van der Waals surface area contributed by atoms with Gasteiger partial charge in [0.25, 0.3) is 5.91 Å². The Kier molecular flexibility index (Phi) is 5.02. The summed E-state index contributed by atoms with van der Waals surface area (Å²) in [5.41, 5.74) is 2.30. The zero-order valence-corrected chi connectivity index (χ0v) is 14.8. The van der Waals surface area contributed by atoms with Gasteiger partial charge in [0.1, 0.15) is 5.60 Å². The van der Waals surface area contributed by atoms with E-state index in [4.69, 9.17) is 9.47 Å². The summed E-state index contributed by atoms with van der Waals surface area (Å²) in [5, 5.41) is 3.36. The number of carbonyl (C=O) groups is 1. The van der Waals surface area contributed by atoms with Crippen LogP contribution in [0.1, 0.15) is 10.4 Å². The lowest BCUT2D eigenvalue weighted by Gasteiger charge is -2.42. The highest BCUT2D eigenvalue weighted by molar-refractivity contribution is 6.01. The van der Waals surface area contributed by atoms with Gasteiger partial charge >= 0.3 is 0 Å². The fourth-order valence-corrected chi connectivity index (χ4v) is 3.69. The van der Waals surface area contributed by atoms with Crippen LogP contribution in [-0.2, 0) is 9.47 Å². The van der Waals surface area contributed by atoms with Crippen molar-refractivity contribution in [2.75, 3.05) is 46.0 Å². The Morgan fingerprint density at radius 2 is 1.85 bits per heavy atom. The topological polar surface area (TPSA) is 50.8 Å². The minimum absolute atomic E-state index is 0.0522. The van der Waals surface area contributed by atoms with Gasteiger partial charge in [0.05, 0.1) is 26.4 Å². The first kappa shape index (κ1) is 17.2. The number of nitrogens with zero attached hydrogens (tertiary/aromatic N) is 1. The lowest BCUT2D eigenvalue weighted by molar-refractivity contribution is -0.125. The Labute approximate surface area is 153 Å². The van der Waals surface area contributed by atoms with Crippen molar-refractivity contribution in [1.82, 2.24) is 10.2 Å². The molecule has 2 aliphatic heterocycles. The predicted octanol–water partition coefficient (Wildman–Crippen LogP) is 2.18. The van der Waals surface area contributed by atoms with Gasteiger partial charge in [-0.25, -0.2) is 0 Å². The number of benzene rings is 2. The predicted molar refractivity (Wildman–Crippen MR) is 100 cm³/mol. The van der Waals surface area contributed by atoms with Crippen molar-refractivity contribution < 1.29 is 14.3 Å². The minimum atomic E-state index is -0.452. The summed E-state index contributed by atoms with van der Waals surface area (Å²) in [6, 6.07) is 17.9. The van der Waals surface area contributed by atoms with Crippen molar-refractivity contribution in [2.24, 2.45) is 0 Å². The summed E-state index contributed by atoms with van der Waals surface area (Å²) in [4.78, 5) is 15.2. The molecule has 26 heavy (non-hydrogen) atoms. The number of hydrogen-bond acceptors (Lipinski definition) is 4. The molecular formula is C21H24N2O3. The van der Waals surface area contributed by atoms with Gasteiger partial charge < -0.3 is 19.7 Å². The van der Waals surface area contributed by atoms with Crippen LogP contribution in [0, 0.1) is 0 Å². The van der Waals surface area contributed by atoms with Crippen LogP contribution in [0.15, 0.2) is 54.6 Å². The molecule has 136 valence electrons. The number of nitrogens with one attached hydrogen (secondary N) is 1. The molecule has 5 heteroatoms. The monoisotopic (exact) mass is 352 g/mol. The second kappa shape index (κ2) is 7.58. The van der Waals surface area contributed by atoms with Crippen LogP contribution < -0.4 is 5.32 Å². The van der Waals surface area contributed by atoms with E-state index in [2.05, 4.69) is 5.32 Å².